The number of aromatic amines is 1. The number of benzene rings is 2. The number of allylic oxidation sites excluding steroid dienone is 2. The third-order valence-corrected chi connectivity index (χ3v) is 7.78. The average Bonchev–Trinajstić information content (AvgIpc) is 3.75. The van der Waals surface area contributed by atoms with Gasteiger partial charge in [-0.25, -0.2) is 14.5 Å². The van der Waals surface area contributed by atoms with Crippen LogP contribution in [-0.2, 0) is 11.2 Å². The van der Waals surface area contributed by atoms with Crippen LogP contribution in [0.15, 0.2) is 90.3 Å². The van der Waals surface area contributed by atoms with E-state index in [-0.39, 0.29) is 23.4 Å². The molecule has 3 atom stereocenters. The number of amidine groups is 1. The lowest BCUT2D eigenvalue weighted by Crippen LogP contribution is -2.31. The number of aromatic nitrogens is 4. The number of nitrogens with two attached hydrogens (primary N) is 1. The third kappa shape index (κ3) is 6.14. The van der Waals surface area contributed by atoms with Gasteiger partial charge in [-0.05, 0) is 36.3 Å². The highest BCUT2D eigenvalue weighted by Crippen LogP contribution is 2.31. The highest BCUT2D eigenvalue weighted by atomic mass is 35.5. The Hall–Kier alpha value is -5.13. The Balaban J connectivity index is 1.26. The number of hydrogen-bond acceptors (Lipinski definition) is 7. The van der Waals surface area contributed by atoms with E-state index < -0.39 is 12.0 Å². The zero-order chi connectivity index (χ0) is 30.8. The van der Waals surface area contributed by atoms with Crippen molar-refractivity contribution < 1.29 is 14.7 Å². The molecule has 0 radical (unpaired) electrons. The van der Waals surface area contributed by atoms with Gasteiger partial charge in [0.1, 0.15) is 22.5 Å². The quantitative estimate of drug-likeness (QED) is 0.170. The second-order valence-corrected chi connectivity index (χ2v) is 11.1. The molecule has 0 fully saturated rings. The summed E-state index contributed by atoms with van der Waals surface area (Å²) in [7, 11) is 0. The maximum Gasteiger partial charge on any atom is 0.338 e. The minimum absolute atomic E-state index is 0.0274. The van der Waals surface area contributed by atoms with E-state index in [0.29, 0.717) is 45.2 Å². The van der Waals surface area contributed by atoms with Crippen LogP contribution in [0.2, 0.25) is 10.2 Å². The van der Waals surface area contributed by atoms with Crippen LogP contribution in [0.5, 0.6) is 0 Å². The van der Waals surface area contributed by atoms with E-state index in [2.05, 4.69) is 25.9 Å². The first-order valence-electron chi connectivity index (χ1n) is 13.6. The summed E-state index contributed by atoms with van der Waals surface area (Å²) < 4.78 is 1.42. The Labute approximate surface area is 261 Å². The van der Waals surface area contributed by atoms with Gasteiger partial charge in [-0.1, -0.05) is 71.8 Å². The smallest absolute Gasteiger partial charge is 0.338 e. The highest BCUT2D eigenvalue weighted by Gasteiger charge is 2.30. The molecule has 0 saturated carbocycles. The number of amides is 1. The standard InChI is InChI=1S/C31H26Cl2N8O3/c32-21-8-10-25(41-16-20(15-35-41)31(43)44)18(13-21)7-11-26(42)36-24(12-17-4-2-1-3-5-17)30-37-27(28(33)38-30)19-6-9-22-23(14-19)39-40-29(22)34/h1-11,13-16,22-24,39H,12H2,(H2,34,40)(H,36,42)(H,37,38)(H,43,44)/b11-7+/t22?,23?,24-/m0/s1. The van der Waals surface area contributed by atoms with Crippen LogP contribution < -0.4 is 16.5 Å². The van der Waals surface area contributed by atoms with Crippen LogP contribution in [-0.4, -0.2) is 48.6 Å². The molecular formula is C31H26Cl2N8O3. The van der Waals surface area contributed by atoms with Crippen molar-refractivity contribution >= 4 is 52.6 Å². The molecule has 0 saturated heterocycles. The van der Waals surface area contributed by atoms with Gasteiger partial charge in [-0.3, -0.25) is 4.79 Å². The van der Waals surface area contributed by atoms with Gasteiger partial charge in [-0.15, -0.1) is 0 Å². The Morgan fingerprint density at radius 1 is 1.18 bits per heavy atom. The van der Waals surface area contributed by atoms with Gasteiger partial charge >= 0.3 is 5.97 Å². The summed E-state index contributed by atoms with van der Waals surface area (Å²) in [5.74, 6) is -0.501. The molecule has 2 aromatic carbocycles. The summed E-state index contributed by atoms with van der Waals surface area (Å²) in [6.45, 7) is 0. The Morgan fingerprint density at radius 2 is 2.00 bits per heavy atom. The number of rotatable bonds is 9. The zero-order valence-corrected chi connectivity index (χ0v) is 24.5. The first kappa shape index (κ1) is 29.0. The summed E-state index contributed by atoms with van der Waals surface area (Å²) in [6.07, 6.45) is 11.9. The summed E-state index contributed by atoms with van der Waals surface area (Å²) in [6, 6.07) is 14.1. The van der Waals surface area contributed by atoms with Gasteiger partial charge < -0.3 is 26.6 Å². The van der Waals surface area contributed by atoms with Crippen LogP contribution in [0.4, 0.5) is 0 Å². The number of H-pyrrole nitrogens is 1. The number of fused-ring (bicyclic) bond motifs is 1. The van der Waals surface area contributed by atoms with Gasteiger partial charge in [0, 0.05) is 28.4 Å². The number of hydrazone groups is 1. The van der Waals surface area contributed by atoms with Crippen molar-refractivity contribution in [2.75, 3.05) is 0 Å². The van der Waals surface area contributed by atoms with E-state index in [4.69, 9.17) is 33.9 Å². The first-order chi connectivity index (χ1) is 21.2. The fourth-order valence-electron chi connectivity index (χ4n) is 5.07. The number of aromatic carboxylic acids is 1. The number of carbonyl (C=O) groups is 2. The molecule has 1 aliphatic carbocycles. The first-order valence-corrected chi connectivity index (χ1v) is 14.4. The van der Waals surface area contributed by atoms with E-state index >= 15 is 0 Å². The molecular weight excluding hydrogens is 603 g/mol. The van der Waals surface area contributed by atoms with E-state index in [9.17, 15) is 14.7 Å². The largest absolute Gasteiger partial charge is 0.478 e. The molecule has 3 heterocycles. The lowest BCUT2D eigenvalue weighted by Gasteiger charge is -2.18. The van der Waals surface area contributed by atoms with Gasteiger partial charge in [0.05, 0.1) is 35.4 Å². The summed E-state index contributed by atoms with van der Waals surface area (Å²) >= 11 is 12.9. The summed E-state index contributed by atoms with van der Waals surface area (Å²) in [5.41, 5.74) is 12.5. The maximum atomic E-state index is 13.3. The molecule has 4 aromatic rings. The second kappa shape index (κ2) is 12.2. The normalized spacial score (nSPS) is 18.0. The van der Waals surface area contributed by atoms with E-state index in [1.165, 1.54) is 23.2 Å². The van der Waals surface area contributed by atoms with Crippen molar-refractivity contribution in [2.45, 2.75) is 18.5 Å². The van der Waals surface area contributed by atoms with Crippen LogP contribution in [0, 0.1) is 5.92 Å². The number of nitrogens with one attached hydrogen (secondary N) is 3. The number of hydrogen-bond donors (Lipinski definition) is 5. The number of nitrogens with zero attached hydrogens (tertiary/aromatic N) is 4. The molecule has 44 heavy (non-hydrogen) atoms. The van der Waals surface area contributed by atoms with E-state index in [0.717, 1.165) is 11.1 Å². The number of carbonyl (C=O) groups excluding carboxylic acids is 1. The molecule has 2 aliphatic rings. The minimum Gasteiger partial charge on any atom is -0.478 e. The average molecular weight is 630 g/mol. The topological polar surface area (TPSA) is 163 Å². The van der Waals surface area contributed by atoms with Gasteiger partial charge in [-0.2, -0.15) is 10.2 Å². The third-order valence-electron chi connectivity index (χ3n) is 7.27. The second-order valence-electron chi connectivity index (χ2n) is 10.2. The van der Waals surface area contributed by atoms with Crippen LogP contribution >= 0.6 is 23.2 Å². The molecule has 0 bridgehead atoms. The van der Waals surface area contributed by atoms with Gasteiger partial charge in [0.25, 0.3) is 0 Å². The Morgan fingerprint density at radius 3 is 2.77 bits per heavy atom. The number of carboxylic acid groups (broad SMARTS) is 1. The molecule has 6 rings (SSSR count). The number of imidazole rings is 1. The van der Waals surface area contributed by atoms with Crippen LogP contribution in [0.25, 0.3) is 17.3 Å². The van der Waals surface area contributed by atoms with Gasteiger partial charge in [0.15, 0.2) is 0 Å². The molecule has 1 aliphatic heterocycles. The maximum absolute atomic E-state index is 13.3. The predicted molar refractivity (Wildman–Crippen MR) is 168 cm³/mol. The van der Waals surface area contributed by atoms with Crippen molar-refractivity contribution in [1.82, 2.24) is 30.5 Å². The molecule has 222 valence electrons. The van der Waals surface area contributed by atoms with Crippen molar-refractivity contribution in [1.29, 1.82) is 0 Å². The van der Waals surface area contributed by atoms with E-state index in [1.807, 2.05) is 48.6 Å². The Bertz CT molecular complexity index is 1860. The lowest BCUT2D eigenvalue weighted by atomic mass is 9.91. The molecule has 1 amide bonds. The summed E-state index contributed by atoms with van der Waals surface area (Å²) in [5, 5.41) is 21.4. The molecule has 2 aromatic heterocycles. The fourth-order valence-corrected chi connectivity index (χ4v) is 5.50. The molecule has 6 N–H and O–H groups in total. The van der Waals surface area contributed by atoms with E-state index in [1.54, 1.807) is 24.3 Å². The number of halogens is 2. The lowest BCUT2D eigenvalue weighted by molar-refractivity contribution is -0.117. The van der Waals surface area contributed by atoms with Gasteiger partial charge in [0.2, 0.25) is 5.91 Å². The molecule has 11 nitrogen and oxygen atoms in total. The SMILES string of the molecule is NC1=NNC2C=C(c3nc([C@H](Cc4ccccc4)NC(=O)/C=C/c4cc(Cl)ccc4-n4cc(C(=O)O)cn4)[nH]c3Cl)C=CC12. The van der Waals surface area contributed by atoms with Crippen molar-refractivity contribution in [2.24, 2.45) is 16.8 Å². The van der Waals surface area contributed by atoms with Crippen molar-refractivity contribution in [3.63, 3.8) is 0 Å². The Kier molecular flexibility index (Phi) is 8.05. The molecule has 13 heteroatoms. The monoisotopic (exact) mass is 628 g/mol. The predicted octanol–water partition coefficient (Wildman–Crippen LogP) is 4.53. The fraction of sp³-hybridized carbons (Fsp3) is 0.129. The van der Waals surface area contributed by atoms with Crippen LogP contribution in [0.1, 0.15) is 39.0 Å². The number of carboxylic acids is 1. The minimum atomic E-state index is -1.10. The molecule has 2 unspecified atom stereocenters. The van der Waals surface area contributed by atoms with Crippen molar-refractivity contribution in [3.05, 3.63) is 124 Å². The van der Waals surface area contributed by atoms with Crippen molar-refractivity contribution in [3.8, 4) is 5.69 Å². The highest BCUT2D eigenvalue weighted by molar-refractivity contribution is 6.31. The molecule has 0 spiro atoms. The summed E-state index contributed by atoms with van der Waals surface area (Å²) in [4.78, 5) is 32.6. The zero-order valence-electron chi connectivity index (χ0n) is 23.0. The van der Waals surface area contributed by atoms with Crippen LogP contribution in [0.3, 0.4) is 0 Å².